The van der Waals surface area contributed by atoms with Crippen LogP contribution in [0.25, 0.3) is 0 Å². The average Bonchev–Trinajstić information content (AvgIpc) is 2.74. The van der Waals surface area contributed by atoms with Crippen molar-refractivity contribution in [1.82, 2.24) is 9.21 Å². The highest BCUT2D eigenvalue weighted by molar-refractivity contribution is 7.89. The molecule has 2 aliphatic heterocycles. The summed E-state index contributed by atoms with van der Waals surface area (Å²) in [4.78, 5) is 15.0. The van der Waals surface area contributed by atoms with E-state index in [1.54, 1.807) is 19.1 Å². The van der Waals surface area contributed by atoms with Crippen LogP contribution in [0.2, 0.25) is 10.0 Å². The van der Waals surface area contributed by atoms with E-state index in [0.29, 0.717) is 39.1 Å². The molecule has 1 amide bonds. The van der Waals surface area contributed by atoms with Gasteiger partial charge in [-0.25, -0.2) is 8.42 Å². The Morgan fingerprint density at radius 1 is 1.10 bits per heavy atom. The highest BCUT2D eigenvalue weighted by Crippen LogP contribution is 2.38. The third kappa shape index (κ3) is 4.73. The van der Waals surface area contributed by atoms with Crippen LogP contribution in [0, 0.1) is 5.92 Å². The maximum absolute atomic E-state index is 13.6. The Morgan fingerprint density at radius 3 is 2.41 bits per heavy atom. The predicted octanol–water partition coefficient (Wildman–Crippen LogP) is 2.66. The van der Waals surface area contributed by atoms with Crippen LogP contribution in [0.3, 0.4) is 0 Å². The maximum atomic E-state index is 13.6. The van der Waals surface area contributed by atoms with Crippen LogP contribution in [0.15, 0.2) is 23.1 Å². The highest BCUT2D eigenvalue weighted by Gasteiger charge is 2.50. The quantitative estimate of drug-likeness (QED) is 0.619. The molecule has 2 heterocycles. The number of halogens is 2. The van der Waals surface area contributed by atoms with Gasteiger partial charge in [0, 0.05) is 49.3 Å². The third-order valence-electron chi connectivity index (χ3n) is 5.56. The summed E-state index contributed by atoms with van der Waals surface area (Å²) >= 11 is 12.1. The summed E-state index contributed by atoms with van der Waals surface area (Å²) in [6.07, 6.45) is 1.93. The molecule has 2 unspecified atom stereocenters. The first kappa shape index (κ1) is 22.8. The van der Waals surface area contributed by atoms with Crippen LogP contribution >= 0.6 is 23.2 Å². The van der Waals surface area contributed by atoms with Crippen LogP contribution in [-0.4, -0.2) is 76.1 Å². The van der Waals surface area contributed by atoms with E-state index >= 15 is 0 Å². The molecule has 2 fully saturated rings. The third-order valence-corrected chi connectivity index (χ3v) is 7.91. The Kier molecular flexibility index (Phi) is 7.46. The Morgan fingerprint density at radius 2 is 1.79 bits per heavy atom. The van der Waals surface area contributed by atoms with Crippen LogP contribution in [0.5, 0.6) is 0 Å². The highest BCUT2D eigenvalue weighted by atomic mass is 35.5. The molecule has 7 nitrogen and oxygen atoms in total. The van der Waals surface area contributed by atoms with Gasteiger partial charge in [-0.05, 0) is 37.5 Å². The van der Waals surface area contributed by atoms with Crippen molar-refractivity contribution in [1.29, 1.82) is 0 Å². The number of nitrogens with zero attached hydrogens (tertiary/aromatic N) is 2. The fourth-order valence-electron chi connectivity index (χ4n) is 4.31. The second-order valence-corrected chi connectivity index (χ2v) is 10.2. The van der Waals surface area contributed by atoms with Gasteiger partial charge >= 0.3 is 0 Å². The molecular weight excluding hydrogens is 439 g/mol. The predicted molar refractivity (Wildman–Crippen MR) is 111 cm³/mol. The number of hydrogen-bond donors (Lipinski definition) is 0. The second kappa shape index (κ2) is 9.49. The smallest absolute Gasteiger partial charge is 0.244 e. The summed E-state index contributed by atoms with van der Waals surface area (Å²) in [5, 5.41) is 0.468. The molecule has 162 valence electrons. The van der Waals surface area contributed by atoms with Crippen LogP contribution < -0.4 is 0 Å². The Hall–Kier alpha value is -0.900. The van der Waals surface area contributed by atoms with Gasteiger partial charge in [-0.15, -0.1) is 0 Å². The van der Waals surface area contributed by atoms with Gasteiger partial charge in [-0.2, -0.15) is 4.31 Å². The number of hydrogen-bond acceptors (Lipinski definition) is 5. The van der Waals surface area contributed by atoms with E-state index in [4.69, 9.17) is 32.7 Å². The van der Waals surface area contributed by atoms with E-state index in [-0.39, 0.29) is 32.8 Å². The van der Waals surface area contributed by atoms with Gasteiger partial charge in [0.05, 0.1) is 18.1 Å². The molecular formula is C19H26Cl2N2O5S. The first-order valence-corrected chi connectivity index (χ1v) is 11.8. The number of methoxy groups -OCH3 is 2. The molecule has 0 aromatic heterocycles. The van der Waals surface area contributed by atoms with Crippen molar-refractivity contribution in [3.63, 3.8) is 0 Å². The van der Waals surface area contributed by atoms with Crippen molar-refractivity contribution in [2.75, 3.05) is 40.5 Å². The van der Waals surface area contributed by atoms with Gasteiger partial charge in [0.1, 0.15) is 6.04 Å². The SMILES string of the molecule is COCCN1C[C@H](COC)C2CCCC(C1=O)N2S(=O)(=O)c1cc(Cl)cc(Cl)c1. The number of amides is 1. The number of rotatable bonds is 7. The number of carbonyl (C=O) groups excluding carboxylic acids is 1. The van der Waals surface area contributed by atoms with Crippen LogP contribution in [0.1, 0.15) is 19.3 Å². The molecule has 3 rings (SSSR count). The minimum Gasteiger partial charge on any atom is -0.384 e. The van der Waals surface area contributed by atoms with E-state index in [1.165, 1.54) is 22.5 Å². The van der Waals surface area contributed by atoms with E-state index in [2.05, 4.69) is 0 Å². The molecule has 0 spiro atoms. The number of sulfonamides is 1. The number of fused-ring (bicyclic) bond motifs is 2. The summed E-state index contributed by atoms with van der Waals surface area (Å²) in [7, 11) is -0.826. The molecule has 3 atom stereocenters. The summed E-state index contributed by atoms with van der Waals surface area (Å²) in [6, 6.07) is 3.14. The Labute approximate surface area is 181 Å². The topological polar surface area (TPSA) is 76.2 Å². The lowest BCUT2D eigenvalue weighted by atomic mass is 9.91. The Bertz CT molecular complexity index is 831. The van der Waals surface area contributed by atoms with E-state index in [1.807, 2.05) is 0 Å². The van der Waals surface area contributed by atoms with Gasteiger partial charge in [0.15, 0.2) is 0 Å². The molecule has 2 bridgehead atoms. The van der Waals surface area contributed by atoms with Crippen molar-refractivity contribution in [3.05, 3.63) is 28.2 Å². The number of benzene rings is 1. The molecule has 2 saturated heterocycles. The molecule has 2 aliphatic rings. The first-order chi connectivity index (χ1) is 13.8. The molecule has 10 heteroatoms. The van der Waals surface area contributed by atoms with Crippen molar-refractivity contribution < 1.29 is 22.7 Å². The number of ether oxygens (including phenoxy) is 2. The normalized spacial score (nSPS) is 25.9. The molecule has 1 aromatic carbocycles. The largest absolute Gasteiger partial charge is 0.384 e. The molecule has 1 aromatic rings. The standard InChI is InChI=1S/C19H26Cl2N2O5S/c1-27-7-6-22-11-13(12-28-2)17-4-3-5-18(19(22)24)23(17)29(25,26)16-9-14(20)8-15(21)10-16/h8-10,13,17-18H,3-7,11-12H2,1-2H3/t13-,17?,18?/m1/s1. The van der Waals surface area contributed by atoms with Crippen molar-refractivity contribution in [2.45, 2.75) is 36.2 Å². The zero-order valence-corrected chi connectivity index (χ0v) is 18.8. The Balaban J connectivity index is 2.07. The van der Waals surface area contributed by atoms with Crippen LogP contribution in [-0.2, 0) is 24.3 Å². The van der Waals surface area contributed by atoms with Gasteiger partial charge in [-0.3, -0.25) is 4.79 Å². The van der Waals surface area contributed by atoms with Gasteiger partial charge in [0.2, 0.25) is 15.9 Å². The van der Waals surface area contributed by atoms with Gasteiger partial charge in [0.25, 0.3) is 0 Å². The van der Waals surface area contributed by atoms with E-state index < -0.39 is 16.1 Å². The zero-order valence-electron chi connectivity index (χ0n) is 16.5. The summed E-state index contributed by atoms with van der Waals surface area (Å²) in [6.45, 7) is 1.59. The number of piperidine rings is 1. The fraction of sp³-hybridized carbons (Fsp3) is 0.632. The monoisotopic (exact) mass is 464 g/mol. The second-order valence-electron chi connectivity index (χ2n) is 7.45. The van der Waals surface area contributed by atoms with Crippen LogP contribution in [0.4, 0.5) is 0 Å². The summed E-state index contributed by atoms with van der Waals surface area (Å²) < 4.78 is 39.2. The fourth-order valence-corrected chi connectivity index (χ4v) is 6.93. The van der Waals surface area contributed by atoms with Crippen molar-refractivity contribution >= 4 is 39.1 Å². The average molecular weight is 465 g/mol. The molecule has 29 heavy (non-hydrogen) atoms. The zero-order chi connectivity index (χ0) is 21.2. The lowest BCUT2D eigenvalue weighted by Crippen LogP contribution is -2.55. The van der Waals surface area contributed by atoms with Gasteiger partial charge < -0.3 is 14.4 Å². The number of carbonyl (C=O) groups is 1. The minimum absolute atomic E-state index is 0.00112. The lowest BCUT2D eigenvalue weighted by Gasteiger charge is -2.40. The molecule has 0 aliphatic carbocycles. The lowest BCUT2D eigenvalue weighted by molar-refractivity contribution is -0.135. The van der Waals surface area contributed by atoms with E-state index in [9.17, 15) is 13.2 Å². The molecule has 0 N–H and O–H groups in total. The molecule has 0 saturated carbocycles. The van der Waals surface area contributed by atoms with Crippen molar-refractivity contribution in [2.24, 2.45) is 5.92 Å². The summed E-state index contributed by atoms with van der Waals surface area (Å²) in [5.74, 6) is -0.336. The summed E-state index contributed by atoms with van der Waals surface area (Å²) in [5.41, 5.74) is 0. The first-order valence-electron chi connectivity index (χ1n) is 9.56. The van der Waals surface area contributed by atoms with Crippen molar-refractivity contribution in [3.8, 4) is 0 Å². The molecule has 0 radical (unpaired) electrons. The van der Waals surface area contributed by atoms with E-state index in [0.717, 1.165) is 6.42 Å². The maximum Gasteiger partial charge on any atom is 0.244 e. The van der Waals surface area contributed by atoms with Gasteiger partial charge in [-0.1, -0.05) is 23.2 Å². The minimum atomic E-state index is -3.99.